The van der Waals surface area contributed by atoms with Gasteiger partial charge < -0.3 is 9.47 Å². The molecule has 0 fully saturated rings. The average molecular weight is 298 g/mol. The van der Waals surface area contributed by atoms with Crippen LogP contribution in [0, 0.1) is 0 Å². The maximum atomic E-state index is 5.71. The van der Waals surface area contributed by atoms with Crippen molar-refractivity contribution in [3.63, 3.8) is 0 Å². The molecule has 1 aromatic carbocycles. The third kappa shape index (κ3) is 4.49. The van der Waals surface area contributed by atoms with Gasteiger partial charge >= 0.3 is 0 Å². The van der Waals surface area contributed by atoms with Gasteiger partial charge in [0.1, 0.15) is 5.75 Å². The molecule has 2 rings (SSSR count). The van der Waals surface area contributed by atoms with Crippen LogP contribution in [0.15, 0.2) is 29.6 Å². The molecular formula is C14H16ClNO2S. The predicted molar refractivity (Wildman–Crippen MR) is 78.0 cm³/mol. The first kappa shape index (κ1) is 14.3. The van der Waals surface area contributed by atoms with Gasteiger partial charge in [0.2, 0.25) is 0 Å². The maximum Gasteiger partial charge on any atom is 0.118 e. The summed E-state index contributed by atoms with van der Waals surface area (Å²) < 4.78 is 10.7. The molecule has 0 aliphatic carbocycles. The summed E-state index contributed by atoms with van der Waals surface area (Å²) in [5.41, 5.74) is 2.08. The summed E-state index contributed by atoms with van der Waals surface area (Å²) in [7, 11) is 1.66. The number of aromatic nitrogens is 1. The van der Waals surface area contributed by atoms with Crippen LogP contribution in [0.4, 0.5) is 0 Å². The molecule has 1 heterocycles. The molecule has 5 heteroatoms. The molecule has 0 atom stereocenters. The highest BCUT2D eigenvalue weighted by Gasteiger charge is 2.01. The van der Waals surface area contributed by atoms with Crippen LogP contribution in [0.2, 0.25) is 0 Å². The van der Waals surface area contributed by atoms with E-state index in [-0.39, 0.29) is 0 Å². The number of hydrogen-bond acceptors (Lipinski definition) is 4. The Morgan fingerprint density at radius 2 is 2.05 bits per heavy atom. The molecule has 0 unspecified atom stereocenters. The third-order valence-electron chi connectivity index (χ3n) is 2.62. The van der Waals surface area contributed by atoms with E-state index in [1.165, 1.54) is 0 Å². The highest BCUT2D eigenvalue weighted by atomic mass is 35.5. The minimum Gasteiger partial charge on any atom is -0.497 e. The Morgan fingerprint density at radius 1 is 1.26 bits per heavy atom. The second kappa shape index (κ2) is 7.48. The van der Waals surface area contributed by atoms with E-state index in [2.05, 4.69) is 4.98 Å². The largest absolute Gasteiger partial charge is 0.497 e. The molecule has 2 aromatic rings. The van der Waals surface area contributed by atoms with Crippen molar-refractivity contribution in [1.29, 1.82) is 0 Å². The first-order valence-electron chi connectivity index (χ1n) is 6.01. The zero-order chi connectivity index (χ0) is 13.5. The highest BCUT2D eigenvalue weighted by molar-refractivity contribution is 7.09. The normalized spacial score (nSPS) is 10.6. The molecule has 19 heavy (non-hydrogen) atoms. The minimum atomic E-state index is 0.475. The van der Waals surface area contributed by atoms with Crippen molar-refractivity contribution >= 4 is 22.9 Å². The van der Waals surface area contributed by atoms with Crippen LogP contribution in [-0.4, -0.2) is 18.7 Å². The van der Waals surface area contributed by atoms with Crippen LogP contribution in [0.25, 0.3) is 0 Å². The predicted octanol–water partition coefficient (Wildman–Crippen LogP) is 3.65. The van der Waals surface area contributed by atoms with E-state index in [9.17, 15) is 0 Å². The fourth-order valence-corrected chi connectivity index (χ4v) is 2.60. The van der Waals surface area contributed by atoms with Crippen LogP contribution in [0.5, 0.6) is 5.75 Å². The maximum absolute atomic E-state index is 5.71. The topological polar surface area (TPSA) is 31.4 Å². The van der Waals surface area contributed by atoms with Crippen molar-refractivity contribution in [1.82, 2.24) is 4.98 Å². The summed E-state index contributed by atoms with van der Waals surface area (Å²) in [6.07, 6.45) is 0.831. The lowest BCUT2D eigenvalue weighted by Gasteiger charge is -2.04. The van der Waals surface area contributed by atoms with Crippen LogP contribution in [0.3, 0.4) is 0 Å². The number of halogens is 1. The zero-order valence-corrected chi connectivity index (χ0v) is 12.3. The molecule has 0 spiro atoms. The monoisotopic (exact) mass is 297 g/mol. The van der Waals surface area contributed by atoms with Gasteiger partial charge in [0.25, 0.3) is 0 Å². The molecule has 0 amide bonds. The first-order valence-corrected chi connectivity index (χ1v) is 7.43. The molecule has 3 nitrogen and oxygen atoms in total. The van der Waals surface area contributed by atoms with Crippen molar-refractivity contribution < 1.29 is 9.47 Å². The van der Waals surface area contributed by atoms with E-state index in [1.807, 2.05) is 29.6 Å². The number of ether oxygens (including phenoxy) is 2. The molecule has 0 aliphatic rings. The molecule has 0 aliphatic heterocycles. The number of nitrogens with zero attached hydrogens (tertiary/aromatic N) is 1. The van der Waals surface area contributed by atoms with E-state index in [4.69, 9.17) is 21.1 Å². The number of benzene rings is 1. The Morgan fingerprint density at radius 3 is 2.68 bits per heavy atom. The average Bonchev–Trinajstić information content (AvgIpc) is 2.92. The van der Waals surface area contributed by atoms with Gasteiger partial charge in [-0.2, -0.15) is 0 Å². The van der Waals surface area contributed by atoms with Gasteiger partial charge in [0.05, 0.1) is 36.9 Å². The standard InChI is InChI=1S/C14H16ClNO2S/c1-17-13-4-2-11(3-5-13)9-18-7-6-14-16-12(8-15)10-19-14/h2-5,10H,6-9H2,1H3. The molecule has 0 radical (unpaired) electrons. The molecule has 0 bridgehead atoms. The summed E-state index contributed by atoms with van der Waals surface area (Å²) >= 11 is 7.34. The van der Waals surface area contributed by atoms with Gasteiger partial charge in [-0.25, -0.2) is 4.98 Å². The summed E-state index contributed by atoms with van der Waals surface area (Å²) in [6, 6.07) is 7.89. The number of thiazole rings is 1. The van der Waals surface area contributed by atoms with Crippen molar-refractivity contribution in [2.24, 2.45) is 0 Å². The fraction of sp³-hybridized carbons (Fsp3) is 0.357. The van der Waals surface area contributed by atoms with Crippen molar-refractivity contribution in [2.45, 2.75) is 18.9 Å². The molecular weight excluding hydrogens is 282 g/mol. The Hall–Kier alpha value is -1.10. The number of methoxy groups -OCH3 is 1. The summed E-state index contributed by atoms with van der Waals surface area (Å²) in [4.78, 5) is 4.39. The lowest BCUT2D eigenvalue weighted by atomic mass is 10.2. The molecule has 102 valence electrons. The van der Waals surface area contributed by atoms with Crippen molar-refractivity contribution in [2.75, 3.05) is 13.7 Å². The molecule has 0 saturated heterocycles. The minimum absolute atomic E-state index is 0.475. The van der Waals surface area contributed by atoms with Crippen molar-refractivity contribution in [3.05, 3.63) is 45.9 Å². The number of alkyl halides is 1. The van der Waals surface area contributed by atoms with Crippen LogP contribution < -0.4 is 4.74 Å². The molecule has 0 saturated carbocycles. The van der Waals surface area contributed by atoms with Gasteiger partial charge in [-0.05, 0) is 17.7 Å². The Kier molecular flexibility index (Phi) is 5.63. The summed E-state index contributed by atoms with van der Waals surface area (Å²) in [5, 5.41) is 3.07. The van der Waals surface area contributed by atoms with Crippen LogP contribution in [0.1, 0.15) is 16.3 Å². The Labute approximate surface area is 122 Å². The molecule has 0 N–H and O–H groups in total. The second-order valence-electron chi connectivity index (χ2n) is 4.02. The van der Waals surface area contributed by atoms with Gasteiger partial charge in [0.15, 0.2) is 0 Å². The Bertz CT molecular complexity index is 498. The summed E-state index contributed by atoms with van der Waals surface area (Å²) in [5.74, 6) is 1.34. The lowest BCUT2D eigenvalue weighted by molar-refractivity contribution is 0.124. The lowest BCUT2D eigenvalue weighted by Crippen LogP contribution is -1.99. The van der Waals surface area contributed by atoms with Crippen LogP contribution >= 0.6 is 22.9 Å². The van der Waals surface area contributed by atoms with E-state index in [1.54, 1.807) is 18.4 Å². The van der Waals surface area contributed by atoms with Gasteiger partial charge in [-0.3, -0.25) is 0 Å². The van der Waals surface area contributed by atoms with E-state index < -0.39 is 0 Å². The number of rotatable bonds is 7. The van der Waals surface area contributed by atoms with Gasteiger partial charge in [0, 0.05) is 11.8 Å². The second-order valence-corrected chi connectivity index (χ2v) is 5.23. The third-order valence-corrected chi connectivity index (χ3v) is 3.86. The fourth-order valence-electron chi connectivity index (χ4n) is 1.60. The van der Waals surface area contributed by atoms with Gasteiger partial charge in [-0.15, -0.1) is 22.9 Å². The summed E-state index contributed by atoms with van der Waals surface area (Å²) in [6.45, 7) is 1.28. The Balaban J connectivity index is 1.71. The van der Waals surface area contributed by atoms with E-state index in [0.717, 1.165) is 28.4 Å². The smallest absolute Gasteiger partial charge is 0.118 e. The SMILES string of the molecule is COc1ccc(COCCc2nc(CCl)cs2)cc1. The van der Waals surface area contributed by atoms with Crippen molar-refractivity contribution in [3.8, 4) is 5.75 Å². The van der Waals surface area contributed by atoms with Gasteiger partial charge in [-0.1, -0.05) is 12.1 Å². The zero-order valence-electron chi connectivity index (χ0n) is 10.8. The van der Waals surface area contributed by atoms with E-state index >= 15 is 0 Å². The number of hydrogen-bond donors (Lipinski definition) is 0. The molecule has 1 aromatic heterocycles. The van der Waals surface area contributed by atoms with E-state index in [0.29, 0.717) is 19.1 Å². The quantitative estimate of drug-likeness (QED) is 0.577. The first-order chi connectivity index (χ1) is 9.31. The van der Waals surface area contributed by atoms with Crippen LogP contribution in [-0.2, 0) is 23.6 Å². The highest BCUT2D eigenvalue weighted by Crippen LogP contribution is 2.14.